The Labute approximate surface area is 116 Å². The number of aryl methyl sites for hydroxylation is 1. The topological polar surface area (TPSA) is 38.0 Å². The van der Waals surface area contributed by atoms with Gasteiger partial charge in [-0.2, -0.15) is 0 Å². The molecule has 0 saturated carbocycles. The molecule has 0 aromatic heterocycles. The van der Waals surface area contributed by atoms with E-state index in [0.717, 1.165) is 26.1 Å². The lowest BCUT2D eigenvalue weighted by atomic mass is 9.83. The molecular formula is C16H27FN2. The highest BCUT2D eigenvalue weighted by Crippen LogP contribution is 2.24. The van der Waals surface area contributed by atoms with E-state index >= 15 is 0 Å². The number of nitrogens with two attached hydrogens (primary N) is 1. The van der Waals surface area contributed by atoms with Crippen LogP contribution in [-0.4, -0.2) is 19.6 Å². The van der Waals surface area contributed by atoms with Gasteiger partial charge >= 0.3 is 0 Å². The van der Waals surface area contributed by atoms with E-state index in [9.17, 15) is 4.39 Å². The molecule has 0 aliphatic carbocycles. The average Bonchev–Trinajstić information content (AvgIpc) is 2.32. The molecular weight excluding hydrogens is 239 g/mol. The Hall–Kier alpha value is -0.930. The van der Waals surface area contributed by atoms with Crippen molar-refractivity contribution in [3.05, 3.63) is 35.1 Å². The van der Waals surface area contributed by atoms with Crippen LogP contribution in [0.4, 0.5) is 4.39 Å². The number of hydrogen-bond donors (Lipinski definition) is 2. The maximum atomic E-state index is 13.3. The van der Waals surface area contributed by atoms with E-state index in [1.807, 2.05) is 19.1 Å². The minimum absolute atomic E-state index is 0.000888. The molecule has 108 valence electrons. The van der Waals surface area contributed by atoms with E-state index in [1.54, 1.807) is 6.07 Å². The Morgan fingerprint density at radius 1 is 1.37 bits per heavy atom. The lowest BCUT2D eigenvalue weighted by Crippen LogP contribution is -2.35. The second-order valence-electron chi connectivity index (χ2n) is 6.16. The summed E-state index contributed by atoms with van der Waals surface area (Å²) in [6.45, 7) is 11.0. The van der Waals surface area contributed by atoms with Gasteiger partial charge in [-0.1, -0.05) is 32.9 Å². The molecule has 1 aromatic carbocycles. The van der Waals surface area contributed by atoms with Crippen LogP contribution >= 0.6 is 0 Å². The maximum Gasteiger partial charge on any atom is 0.126 e. The first-order valence-electron chi connectivity index (χ1n) is 7.04. The van der Waals surface area contributed by atoms with Gasteiger partial charge in [-0.15, -0.1) is 0 Å². The van der Waals surface area contributed by atoms with Crippen molar-refractivity contribution in [2.24, 2.45) is 11.7 Å². The Morgan fingerprint density at radius 3 is 2.63 bits per heavy atom. The molecule has 19 heavy (non-hydrogen) atoms. The normalized spacial score (nSPS) is 13.6. The minimum atomic E-state index is -0.135. The van der Waals surface area contributed by atoms with Gasteiger partial charge < -0.3 is 11.1 Å². The number of nitrogens with one attached hydrogen (secondary N) is 1. The molecule has 0 radical (unpaired) electrons. The predicted octanol–water partition coefficient (Wildman–Crippen LogP) is 2.99. The van der Waals surface area contributed by atoms with E-state index in [2.05, 4.69) is 26.1 Å². The number of hydrogen-bond acceptors (Lipinski definition) is 2. The summed E-state index contributed by atoms with van der Waals surface area (Å²) >= 11 is 0. The van der Waals surface area contributed by atoms with Crippen molar-refractivity contribution in [2.75, 3.05) is 19.6 Å². The van der Waals surface area contributed by atoms with Crippen molar-refractivity contribution in [3.8, 4) is 0 Å². The Bertz CT molecular complexity index is 402. The second kappa shape index (κ2) is 7.01. The summed E-state index contributed by atoms with van der Waals surface area (Å²) in [5, 5.41) is 3.49. The van der Waals surface area contributed by atoms with Crippen molar-refractivity contribution < 1.29 is 4.39 Å². The van der Waals surface area contributed by atoms with Gasteiger partial charge in [-0.05, 0) is 49.5 Å². The largest absolute Gasteiger partial charge is 0.330 e. The zero-order valence-electron chi connectivity index (χ0n) is 12.6. The van der Waals surface area contributed by atoms with Crippen molar-refractivity contribution in [3.63, 3.8) is 0 Å². The van der Waals surface area contributed by atoms with Crippen LogP contribution in [0.3, 0.4) is 0 Å². The fraction of sp³-hybridized carbons (Fsp3) is 0.625. The third-order valence-electron chi connectivity index (χ3n) is 3.66. The lowest BCUT2D eigenvalue weighted by molar-refractivity contribution is 0.421. The molecule has 0 aliphatic heterocycles. The molecule has 0 spiro atoms. The molecule has 1 aromatic rings. The molecule has 0 saturated heterocycles. The molecule has 1 unspecified atom stereocenters. The van der Waals surface area contributed by atoms with E-state index in [0.29, 0.717) is 11.5 Å². The number of halogens is 1. The first-order chi connectivity index (χ1) is 8.86. The van der Waals surface area contributed by atoms with Gasteiger partial charge in [0, 0.05) is 12.0 Å². The van der Waals surface area contributed by atoms with E-state index in [4.69, 9.17) is 5.73 Å². The lowest BCUT2D eigenvalue weighted by Gasteiger charge is -2.27. The first kappa shape index (κ1) is 16.1. The SMILES string of the molecule is Cc1cc(C(C)(C)CNCC(C)CCN)ccc1F. The third kappa shape index (κ3) is 4.92. The van der Waals surface area contributed by atoms with Gasteiger partial charge in [0.1, 0.15) is 5.82 Å². The Morgan fingerprint density at radius 2 is 2.05 bits per heavy atom. The van der Waals surface area contributed by atoms with Gasteiger partial charge in [0.25, 0.3) is 0 Å². The molecule has 0 amide bonds. The highest BCUT2D eigenvalue weighted by atomic mass is 19.1. The van der Waals surface area contributed by atoms with Crippen molar-refractivity contribution >= 4 is 0 Å². The summed E-state index contributed by atoms with van der Waals surface area (Å²) in [6, 6.07) is 5.39. The summed E-state index contributed by atoms with van der Waals surface area (Å²) in [5.74, 6) is 0.458. The van der Waals surface area contributed by atoms with Gasteiger partial charge in [0.2, 0.25) is 0 Å². The molecule has 0 aliphatic rings. The first-order valence-corrected chi connectivity index (χ1v) is 7.04. The fourth-order valence-corrected chi connectivity index (χ4v) is 2.19. The van der Waals surface area contributed by atoms with Crippen LogP contribution in [0.2, 0.25) is 0 Å². The van der Waals surface area contributed by atoms with Gasteiger partial charge in [-0.3, -0.25) is 0 Å². The second-order valence-corrected chi connectivity index (χ2v) is 6.16. The predicted molar refractivity (Wildman–Crippen MR) is 79.9 cm³/mol. The third-order valence-corrected chi connectivity index (χ3v) is 3.66. The zero-order chi connectivity index (χ0) is 14.5. The summed E-state index contributed by atoms with van der Waals surface area (Å²) in [7, 11) is 0. The standard InChI is InChI=1S/C16H27FN2/c1-12(7-8-18)10-19-11-16(3,4)14-5-6-15(17)13(2)9-14/h5-6,9,12,19H,7-8,10-11,18H2,1-4H3. The summed E-state index contributed by atoms with van der Waals surface area (Å²) in [6.07, 6.45) is 1.04. The van der Waals surface area contributed by atoms with Crippen molar-refractivity contribution in [1.29, 1.82) is 0 Å². The molecule has 2 nitrogen and oxygen atoms in total. The molecule has 3 N–H and O–H groups in total. The van der Waals surface area contributed by atoms with Crippen LogP contribution in [0.15, 0.2) is 18.2 Å². The maximum absolute atomic E-state index is 13.3. The molecule has 0 bridgehead atoms. The van der Waals surface area contributed by atoms with E-state index in [1.165, 1.54) is 5.56 Å². The van der Waals surface area contributed by atoms with Gasteiger partial charge in [0.15, 0.2) is 0 Å². The Kier molecular flexibility index (Phi) is 5.95. The monoisotopic (exact) mass is 266 g/mol. The summed E-state index contributed by atoms with van der Waals surface area (Å²) in [4.78, 5) is 0. The summed E-state index contributed by atoms with van der Waals surface area (Å²) in [5.41, 5.74) is 7.43. The van der Waals surface area contributed by atoms with Crippen LogP contribution in [-0.2, 0) is 5.41 Å². The number of rotatable bonds is 7. The van der Waals surface area contributed by atoms with E-state index in [-0.39, 0.29) is 11.2 Å². The molecule has 1 rings (SSSR count). The zero-order valence-corrected chi connectivity index (χ0v) is 12.6. The molecule has 3 heteroatoms. The minimum Gasteiger partial charge on any atom is -0.330 e. The van der Waals surface area contributed by atoms with Crippen LogP contribution in [0.25, 0.3) is 0 Å². The molecule has 0 fully saturated rings. The van der Waals surface area contributed by atoms with Gasteiger partial charge in [0.05, 0.1) is 0 Å². The quantitative estimate of drug-likeness (QED) is 0.796. The number of benzene rings is 1. The van der Waals surface area contributed by atoms with Crippen molar-refractivity contribution in [2.45, 2.75) is 39.5 Å². The Balaban J connectivity index is 2.57. The molecule has 1 atom stereocenters. The molecule has 0 heterocycles. The van der Waals surface area contributed by atoms with Crippen LogP contribution < -0.4 is 11.1 Å². The fourth-order valence-electron chi connectivity index (χ4n) is 2.19. The van der Waals surface area contributed by atoms with Crippen LogP contribution in [0.1, 0.15) is 38.3 Å². The van der Waals surface area contributed by atoms with Crippen LogP contribution in [0.5, 0.6) is 0 Å². The smallest absolute Gasteiger partial charge is 0.126 e. The van der Waals surface area contributed by atoms with Gasteiger partial charge in [-0.25, -0.2) is 4.39 Å². The summed E-state index contributed by atoms with van der Waals surface area (Å²) < 4.78 is 13.3. The average molecular weight is 266 g/mol. The highest BCUT2D eigenvalue weighted by molar-refractivity contribution is 5.29. The van der Waals surface area contributed by atoms with Crippen LogP contribution in [0, 0.1) is 18.7 Å². The highest BCUT2D eigenvalue weighted by Gasteiger charge is 2.21. The van der Waals surface area contributed by atoms with E-state index < -0.39 is 0 Å². The van der Waals surface area contributed by atoms with Crippen molar-refractivity contribution in [1.82, 2.24) is 5.32 Å².